The van der Waals surface area contributed by atoms with E-state index < -0.39 is 6.10 Å². The second-order valence-corrected chi connectivity index (χ2v) is 8.63. The Labute approximate surface area is 184 Å². The van der Waals surface area contributed by atoms with E-state index in [1.54, 1.807) is 0 Å². The molecule has 0 saturated heterocycles. The van der Waals surface area contributed by atoms with Crippen molar-refractivity contribution in [2.75, 3.05) is 19.7 Å². The summed E-state index contributed by atoms with van der Waals surface area (Å²) in [5.74, 6) is 0. The maximum atomic E-state index is 10.5. The average molecular weight is 431 g/mol. The summed E-state index contributed by atoms with van der Waals surface area (Å²) in [6, 6.07) is 16.1. The first kappa shape index (κ1) is 22.8. The first-order chi connectivity index (χ1) is 14.4. The van der Waals surface area contributed by atoms with Crippen molar-refractivity contribution < 1.29 is 14.7 Å². The van der Waals surface area contributed by atoms with Crippen molar-refractivity contribution >= 4 is 17.3 Å². The summed E-state index contributed by atoms with van der Waals surface area (Å²) < 4.78 is 5.58. The Morgan fingerprint density at radius 3 is 2.70 bits per heavy atom. The fourth-order valence-corrected chi connectivity index (χ4v) is 3.70. The minimum atomic E-state index is -0.578. The Balaban J connectivity index is 1.62. The normalized spacial score (nSPS) is 17.3. The SMILES string of the molecule is Cc1ccc(C2=NO[C@@H](CN(Cc3cccc(Cl)c3)C[C@@H](O)COC(C)C)C2)cc1. The van der Waals surface area contributed by atoms with Crippen LogP contribution in [0.1, 0.15) is 37.0 Å². The van der Waals surface area contributed by atoms with E-state index in [9.17, 15) is 5.11 Å². The van der Waals surface area contributed by atoms with Gasteiger partial charge in [-0.05, 0) is 44.0 Å². The summed E-state index contributed by atoms with van der Waals surface area (Å²) in [4.78, 5) is 7.91. The molecule has 2 atom stereocenters. The third-order valence-corrected chi connectivity index (χ3v) is 5.20. The molecule has 2 aromatic rings. The molecule has 162 valence electrons. The monoisotopic (exact) mass is 430 g/mol. The number of aliphatic hydroxyl groups excluding tert-OH is 1. The van der Waals surface area contributed by atoms with Crippen molar-refractivity contribution in [3.05, 3.63) is 70.2 Å². The molecule has 0 fully saturated rings. The van der Waals surface area contributed by atoms with Gasteiger partial charge in [0.15, 0.2) is 0 Å². The van der Waals surface area contributed by atoms with E-state index in [4.69, 9.17) is 21.2 Å². The van der Waals surface area contributed by atoms with E-state index in [0.717, 1.165) is 23.3 Å². The van der Waals surface area contributed by atoms with Crippen LogP contribution in [0.15, 0.2) is 53.7 Å². The van der Waals surface area contributed by atoms with Crippen LogP contribution in [0.2, 0.25) is 5.02 Å². The number of rotatable bonds is 10. The minimum Gasteiger partial charge on any atom is -0.390 e. The second-order valence-electron chi connectivity index (χ2n) is 8.20. The predicted molar refractivity (Wildman–Crippen MR) is 121 cm³/mol. The molecule has 6 heteroatoms. The second kappa shape index (κ2) is 10.9. The molecule has 1 aliphatic heterocycles. The van der Waals surface area contributed by atoms with Crippen molar-refractivity contribution in [1.29, 1.82) is 0 Å². The number of nitrogens with zero attached hydrogens (tertiary/aromatic N) is 2. The van der Waals surface area contributed by atoms with E-state index in [2.05, 4.69) is 41.2 Å². The molecule has 5 nitrogen and oxygen atoms in total. The molecule has 0 aromatic heterocycles. The van der Waals surface area contributed by atoms with Gasteiger partial charge in [0.25, 0.3) is 0 Å². The predicted octanol–water partition coefficient (Wildman–Crippen LogP) is 4.43. The van der Waals surface area contributed by atoms with Gasteiger partial charge in [-0.15, -0.1) is 0 Å². The summed E-state index contributed by atoms with van der Waals surface area (Å²) in [6.45, 7) is 8.11. The molecule has 30 heavy (non-hydrogen) atoms. The van der Waals surface area contributed by atoms with Crippen LogP contribution in [0.5, 0.6) is 0 Å². The van der Waals surface area contributed by atoms with Crippen molar-refractivity contribution in [3.8, 4) is 0 Å². The Morgan fingerprint density at radius 1 is 1.23 bits per heavy atom. The zero-order chi connectivity index (χ0) is 21.5. The molecule has 0 aliphatic carbocycles. The van der Waals surface area contributed by atoms with Crippen LogP contribution in [-0.4, -0.2) is 53.7 Å². The van der Waals surface area contributed by atoms with Crippen molar-refractivity contribution in [2.24, 2.45) is 5.16 Å². The van der Waals surface area contributed by atoms with Crippen LogP contribution in [0.25, 0.3) is 0 Å². The van der Waals surface area contributed by atoms with Gasteiger partial charge in [0.1, 0.15) is 6.10 Å². The van der Waals surface area contributed by atoms with Crippen LogP contribution in [0.3, 0.4) is 0 Å². The van der Waals surface area contributed by atoms with E-state index in [0.29, 0.717) is 31.3 Å². The third kappa shape index (κ3) is 7.10. The fraction of sp³-hybridized carbons (Fsp3) is 0.458. The highest BCUT2D eigenvalue weighted by Gasteiger charge is 2.26. The number of hydrogen-bond donors (Lipinski definition) is 1. The highest BCUT2D eigenvalue weighted by molar-refractivity contribution is 6.30. The van der Waals surface area contributed by atoms with Crippen LogP contribution in [-0.2, 0) is 16.1 Å². The van der Waals surface area contributed by atoms with E-state index in [-0.39, 0.29) is 12.2 Å². The molecule has 0 unspecified atom stereocenters. The number of oxime groups is 1. The zero-order valence-corrected chi connectivity index (χ0v) is 18.7. The van der Waals surface area contributed by atoms with Crippen molar-refractivity contribution in [3.63, 3.8) is 0 Å². The highest BCUT2D eigenvalue weighted by Crippen LogP contribution is 2.20. The molecule has 2 aromatic carbocycles. The maximum Gasteiger partial charge on any atom is 0.145 e. The highest BCUT2D eigenvalue weighted by atomic mass is 35.5. The lowest BCUT2D eigenvalue weighted by Crippen LogP contribution is -2.39. The Hall–Kier alpha value is -1.92. The molecule has 0 spiro atoms. The minimum absolute atomic E-state index is 0.0568. The molecular weight excluding hydrogens is 400 g/mol. The van der Waals surface area contributed by atoms with Crippen LogP contribution >= 0.6 is 11.6 Å². The molecule has 1 heterocycles. The van der Waals surface area contributed by atoms with Crippen molar-refractivity contribution in [1.82, 2.24) is 4.90 Å². The number of halogens is 1. The third-order valence-electron chi connectivity index (χ3n) is 4.97. The van der Waals surface area contributed by atoms with Gasteiger partial charge in [0.05, 0.1) is 24.5 Å². The summed E-state index contributed by atoms with van der Waals surface area (Å²) in [6.07, 6.45) is 0.196. The molecule has 0 bridgehead atoms. The van der Waals surface area contributed by atoms with Crippen LogP contribution in [0, 0.1) is 6.92 Å². The van der Waals surface area contributed by atoms with Crippen LogP contribution < -0.4 is 0 Å². The number of benzene rings is 2. The van der Waals surface area contributed by atoms with Crippen LogP contribution in [0.4, 0.5) is 0 Å². The number of hydrogen-bond acceptors (Lipinski definition) is 5. The fourth-order valence-electron chi connectivity index (χ4n) is 3.48. The lowest BCUT2D eigenvalue weighted by Gasteiger charge is -2.27. The summed E-state index contributed by atoms with van der Waals surface area (Å²) in [5, 5.41) is 15.5. The average Bonchev–Trinajstić information content (AvgIpc) is 3.15. The standard InChI is InChI=1S/C24H31ClN2O3/c1-17(2)29-16-22(28)14-27(13-19-5-4-6-21(25)11-19)15-23-12-24(26-30-23)20-9-7-18(3)8-10-20/h4-11,17,22-23,28H,12-16H2,1-3H3/t22-,23-/m1/s1. The molecular formula is C24H31ClN2O3. The number of aryl methyl sites for hydroxylation is 1. The summed E-state index contributed by atoms with van der Waals surface area (Å²) in [5.41, 5.74) is 4.37. The van der Waals surface area contributed by atoms with E-state index in [1.165, 1.54) is 5.56 Å². The smallest absolute Gasteiger partial charge is 0.145 e. The topological polar surface area (TPSA) is 54.3 Å². The molecule has 3 rings (SSSR count). The van der Waals surface area contributed by atoms with Gasteiger partial charge in [-0.3, -0.25) is 4.90 Å². The van der Waals surface area contributed by atoms with Gasteiger partial charge in [-0.2, -0.15) is 0 Å². The zero-order valence-electron chi connectivity index (χ0n) is 17.9. The number of aliphatic hydroxyl groups is 1. The first-order valence-corrected chi connectivity index (χ1v) is 10.8. The quantitative estimate of drug-likeness (QED) is 0.605. The summed E-state index contributed by atoms with van der Waals surface area (Å²) >= 11 is 6.16. The molecule has 0 radical (unpaired) electrons. The molecule has 0 saturated carbocycles. The Kier molecular flexibility index (Phi) is 8.28. The lowest BCUT2D eigenvalue weighted by atomic mass is 10.0. The Bertz CT molecular complexity index is 839. The number of ether oxygens (including phenoxy) is 1. The van der Waals surface area contributed by atoms with Gasteiger partial charge in [0, 0.05) is 31.1 Å². The van der Waals surface area contributed by atoms with Gasteiger partial charge >= 0.3 is 0 Å². The first-order valence-electron chi connectivity index (χ1n) is 10.4. The van der Waals surface area contributed by atoms with Gasteiger partial charge < -0.3 is 14.7 Å². The largest absolute Gasteiger partial charge is 0.390 e. The van der Waals surface area contributed by atoms with Gasteiger partial charge in [-0.1, -0.05) is 58.7 Å². The molecule has 1 aliphatic rings. The lowest BCUT2D eigenvalue weighted by molar-refractivity contribution is -0.0194. The molecule has 0 amide bonds. The Morgan fingerprint density at radius 2 is 2.00 bits per heavy atom. The van der Waals surface area contributed by atoms with Gasteiger partial charge in [0.2, 0.25) is 0 Å². The maximum absolute atomic E-state index is 10.5. The molecule has 1 N–H and O–H groups in total. The van der Waals surface area contributed by atoms with E-state index in [1.807, 2.05) is 38.1 Å². The van der Waals surface area contributed by atoms with Gasteiger partial charge in [-0.25, -0.2) is 0 Å². The van der Waals surface area contributed by atoms with Crippen molar-refractivity contribution in [2.45, 2.75) is 52.0 Å². The summed E-state index contributed by atoms with van der Waals surface area (Å²) in [7, 11) is 0. The van der Waals surface area contributed by atoms with E-state index >= 15 is 0 Å².